The second kappa shape index (κ2) is 8.31. The zero-order valence-corrected chi connectivity index (χ0v) is 15.4. The van der Waals surface area contributed by atoms with Gasteiger partial charge in [0.25, 0.3) is 5.91 Å². The molecule has 144 valence electrons. The highest BCUT2D eigenvalue weighted by atomic mass is 16.5. The maximum atomic E-state index is 12.2. The minimum atomic E-state index is -0.542. The van der Waals surface area contributed by atoms with Gasteiger partial charge in [-0.2, -0.15) is 0 Å². The van der Waals surface area contributed by atoms with Crippen molar-refractivity contribution in [2.75, 3.05) is 6.61 Å². The van der Waals surface area contributed by atoms with Gasteiger partial charge in [0.15, 0.2) is 12.4 Å². The molecule has 2 N–H and O–H groups in total. The Morgan fingerprint density at radius 3 is 2.38 bits per heavy atom. The van der Waals surface area contributed by atoms with Crippen molar-refractivity contribution in [1.29, 1.82) is 0 Å². The van der Waals surface area contributed by atoms with Crippen LogP contribution in [0, 0.1) is 0 Å². The first-order valence-corrected chi connectivity index (χ1v) is 9.06. The van der Waals surface area contributed by atoms with Gasteiger partial charge in [0.05, 0.1) is 0 Å². The second-order valence-electron chi connectivity index (χ2n) is 6.30. The predicted octanol–water partition coefficient (Wildman–Crippen LogP) is 3.94. The molecule has 0 unspecified atom stereocenters. The van der Waals surface area contributed by atoms with Crippen molar-refractivity contribution in [2.24, 2.45) is 0 Å². The highest BCUT2D eigenvalue weighted by Crippen LogP contribution is 2.29. The highest BCUT2D eigenvalue weighted by molar-refractivity contribution is 5.97. The maximum Gasteiger partial charge on any atom is 0.305 e. The molecule has 0 aliphatic carbocycles. The third-order valence-electron chi connectivity index (χ3n) is 4.30. The first-order chi connectivity index (χ1) is 14.2. The first-order valence-electron chi connectivity index (χ1n) is 9.06. The summed E-state index contributed by atoms with van der Waals surface area (Å²) in [5.41, 5.74) is 7.13. The van der Waals surface area contributed by atoms with Gasteiger partial charge in [0.1, 0.15) is 11.3 Å². The molecule has 0 radical (unpaired) electrons. The van der Waals surface area contributed by atoms with Crippen molar-refractivity contribution < 1.29 is 18.7 Å². The Balaban J connectivity index is 1.34. The van der Waals surface area contributed by atoms with Gasteiger partial charge in [-0.1, -0.05) is 66.7 Å². The summed E-state index contributed by atoms with van der Waals surface area (Å²) < 4.78 is 11.1. The number of para-hydroxylation sites is 2. The van der Waals surface area contributed by atoms with Crippen LogP contribution in [0.15, 0.2) is 89.3 Å². The molecule has 4 aromatic rings. The lowest BCUT2D eigenvalue weighted by atomic mass is 10.1. The standard InChI is InChI=1S/C23H18N2O4/c26-22(24-25-23(27)21-14-17-10-4-6-12-19(17)29-21)15-28-20-13-7-5-11-18(20)16-8-2-1-3-9-16/h1-14H,15H2,(H,24,26)(H,25,27). The molecule has 29 heavy (non-hydrogen) atoms. The van der Waals surface area contributed by atoms with Crippen LogP contribution in [-0.2, 0) is 4.79 Å². The number of hydrogen-bond acceptors (Lipinski definition) is 4. The van der Waals surface area contributed by atoms with Crippen molar-refractivity contribution in [1.82, 2.24) is 10.9 Å². The number of nitrogens with one attached hydrogen (secondary N) is 2. The summed E-state index contributed by atoms with van der Waals surface area (Å²) in [7, 11) is 0. The molecule has 2 amide bonds. The summed E-state index contributed by atoms with van der Waals surface area (Å²) in [6, 6.07) is 26.1. The summed E-state index contributed by atoms with van der Waals surface area (Å²) in [5.74, 6) is -0.337. The fourth-order valence-electron chi connectivity index (χ4n) is 2.91. The van der Waals surface area contributed by atoms with Crippen molar-refractivity contribution >= 4 is 22.8 Å². The van der Waals surface area contributed by atoms with Gasteiger partial charge in [-0.3, -0.25) is 20.4 Å². The Morgan fingerprint density at radius 2 is 1.55 bits per heavy atom. The van der Waals surface area contributed by atoms with E-state index in [4.69, 9.17) is 9.15 Å². The molecule has 6 heteroatoms. The van der Waals surface area contributed by atoms with Crippen molar-refractivity contribution in [3.8, 4) is 16.9 Å². The van der Waals surface area contributed by atoms with Crippen LogP contribution in [0.4, 0.5) is 0 Å². The summed E-state index contributed by atoms with van der Waals surface area (Å²) in [5, 5.41) is 0.810. The molecule has 4 rings (SSSR count). The van der Waals surface area contributed by atoms with Gasteiger partial charge < -0.3 is 9.15 Å². The average molecular weight is 386 g/mol. The maximum absolute atomic E-state index is 12.2. The number of hydrogen-bond donors (Lipinski definition) is 2. The van der Waals surface area contributed by atoms with Crippen molar-refractivity contribution in [3.63, 3.8) is 0 Å². The summed E-state index contributed by atoms with van der Waals surface area (Å²) >= 11 is 0. The molecule has 0 atom stereocenters. The molecule has 6 nitrogen and oxygen atoms in total. The molecular formula is C23H18N2O4. The summed E-state index contributed by atoms with van der Waals surface area (Å²) in [6.45, 7) is -0.246. The average Bonchev–Trinajstić information content (AvgIpc) is 3.21. The van der Waals surface area contributed by atoms with Gasteiger partial charge in [-0.05, 0) is 23.8 Å². The number of carbonyl (C=O) groups is 2. The molecule has 1 aromatic heterocycles. The van der Waals surface area contributed by atoms with Crippen molar-refractivity contribution in [2.45, 2.75) is 0 Å². The smallest absolute Gasteiger partial charge is 0.305 e. The summed E-state index contributed by atoms with van der Waals surface area (Å²) in [6.07, 6.45) is 0. The molecule has 0 spiro atoms. The van der Waals surface area contributed by atoms with Crippen LogP contribution in [0.2, 0.25) is 0 Å². The number of carbonyl (C=O) groups excluding carboxylic acids is 2. The number of amides is 2. The fraction of sp³-hybridized carbons (Fsp3) is 0.0435. The first kappa shape index (κ1) is 18.3. The third-order valence-corrected chi connectivity index (χ3v) is 4.30. The zero-order valence-electron chi connectivity index (χ0n) is 15.4. The molecule has 3 aromatic carbocycles. The Bertz CT molecular complexity index is 1120. The van der Waals surface area contributed by atoms with E-state index >= 15 is 0 Å². The molecule has 0 saturated heterocycles. The minimum absolute atomic E-state index is 0.113. The Morgan fingerprint density at radius 1 is 0.828 bits per heavy atom. The lowest BCUT2D eigenvalue weighted by Crippen LogP contribution is -2.43. The predicted molar refractivity (Wildman–Crippen MR) is 109 cm³/mol. The number of furan rings is 1. The third kappa shape index (κ3) is 4.27. The van der Waals surface area contributed by atoms with Gasteiger partial charge in [-0.25, -0.2) is 0 Å². The number of ether oxygens (including phenoxy) is 1. The summed E-state index contributed by atoms with van der Waals surface area (Å²) in [4.78, 5) is 24.3. The fourth-order valence-corrected chi connectivity index (χ4v) is 2.91. The van der Waals surface area contributed by atoms with Crippen LogP contribution in [0.5, 0.6) is 5.75 Å². The Labute approximate surface area is 167 Å². The largest absolute Gasteiger partial charge is 0.483 e. The number of benzene rings is 3. The lowest BCUT2D eigenvalue weighted by Gasteiger charge is -2.12. The van der Waals surface area contributed by atoms with E-state index in [0.717, 1.165) is 16.5 Å². The minimum Gasteiger partial charge on any atom is -0.483 e. The van der Waals surface area contributed by atoms with Crippen LogP contribution in [0.1, 0.15) is 10.6 Å². The quantitative estimate of drug-likeness (QED) is 0.509. The van der Waals surface area contributed by atoms with Gasteiger partial charge in [-0.15, -0.1) is 0 Å². The van der Waals surface area contributed by atoms with Crippen molar-refractivity contribution in [3.05, 3.63) is 90.7 Å². The van der Waals surface area contributed by atoms with E-state index < -0.39 is 11.8 Å². The number of rotatable bonds is 5. The monoisotopic (exact) mass is 386 g/mol. The Kier molecular flexibility index (Phi) is 5.25. The lowest BCUT2D eigenvalue weighted by molar-refractivity contribution is -0.123. The van der Waals surface area contributed by atoms with E-state index in [2.05, 4.69) is 10.9 Å². The molecule has 1 heterocycles. The van der Waals surface area contributed by atoms with E-state index in [0.29, 0.717) is 11.3 Å². The topological polar surface area (TPSA) is 80.6 Å². The van der Waals surface area contributed by atoms with Crippen LogP contribution < -0.4 is 15.6 Å². The van der Waals surface area contributed by atoms with E-state index in [1.165, 1.54) is 0 Å². The van der Waals surface area contributed by atoms with E-state index in [1.807, 2.05) is 66.7 Å². The molecule has 0 aliphatic heterocycles. The number of fused-ring (bicyclic) bond motifs is 1. The molecule has 0 saturated carbocycles. The molecular weight excluding hydrogens is 368 g/mol. The SMILES string of the molecule is O=C(COc1ccccc1-c1ccccc1)NNC(=O)c1cc2ccccc2o1. The van der Waals surface area contributed by atoms with Crippen LogP contribution in [-0.4, -0.2) is 18.4 Å². The normalized spacial score (nSPS) is 10.5. The highest BCUT2D eigenvalue weighted by Gasteiger charge is 2.13. The van der Waals surface area contributed by atoms with E-state index in [1.54, 1.807) is 18.2 Å². The van der Waals surface area contributed by atoms with Crippen LogP contribution >= 0.6 is 0 Å². The van der Waals surface area contributed by atoms with E-state index in [-0.39, 0.29) is 12.4 Å². The second-order valence-corrected chi connectivity index (χ2v) is 6.30. The van der Waals surface area contributed by atoms with Gasteiger partial charge in [0.2, 0.25) is 0 Å². The van der Waals surface area contributed by atoms with Gasteiger partial charge in [0, 0.05) is 10.9 Å². The zero-order chi connectivity index (χ0) is 20.1. The Hall–Kier alpha value is -4.06. The van der Waals surface area contributed by atoms with E-state index in [9.17, 15) is 9.59 Å². The van der Waals surface area contributed by atoms with Gasteiger partial charge >= 0.3 is 5.91 Å². The molecule has 0 bridgehead atoms. The number of hydrazine groups is 1. The van der Waals surface area contributed by atoms with Crippen LogP contribution in [0.25, 0.3) is 22.1 Å². The van der Waals surface area contributed by atoms with Crippen LogP contribution in [0.3, 0.4) is 0 Å². The molecule has 0 fully saturated rings. The molecule has 0 aliphatic rings.